The maximum atomic E-state index is 12.7. The summed E-state index contributed by atoms with van der Waals surface area (Å²) in [4.78, 5) is 47.5. The molecule has 10 atom stereocenters. The van der Waals surface area contributed by atoms with Crippen molar-refractivity contribution in [1.82, 2.24) is 0 Å². The lowest BCUT2D eigenvalue weighted by molar-refractivity contribution is -0.217. The van der Waals surface area contributed by atoms with E-state index in [1.54, 1.807) is 6.92 Å². The summed E-state index contributed by atoms with van der Waals surface area (Å²) < 4.78 is 22.2. The fraction of sp³-hybridized carbons (Fsp3) is 0.806. The van der Waals surface area contributed by atoms with Crippen LogP contribution >= 0.6 is 0 Å². The van der Waals surface area contributed by atoms with Crippen LogP contribution in [0.25, 0.3) is 0 Å². The summed E-state index contributed by atoms with van der Waals surface area (Å²) >= 11 is 0. The molecule has 1 N–H and O–H groups in total. The minimum absolute atomic E-state index is 0.0141. The molecule has 9 heteroatoms. The molecule has 0 aromatic heterocycles. The minimum atomic E-state index is -1.51. The Kier molecular flexibility index (Phi) is 8.48. The largest absolute Gasteiger partial charge is 0.462 e. The van der Waals surface area contributed by atoms with Crippen LogP contribution in [0.15, 0.2) is 11.6 Å². The van der Waals surface area contributed by atoms with Crippen molar-refractivity contribution < 1.29 is 43.2 Å². The molecule has 0 radical (unpaired) electrons. The Labute approximate surface area is 237 Å². The zero-order chi connectivity index (χ0) is 29.6. The lowest BCUT2D eigenvalue weighted by atomic mass is 9.46. The average Bonchev–Trinajstić information content (AvgIpc) is 3.08. The highest BCUT2D eigenvalue weighted by atomic mass is 16.6. The third-order valence-corrected chi connectivity index (χ3v) is 11.0. The molecule has 0 heterocycles. The maximum Gasteiger partial charge on any atom is 0.303 e. The molecule has 40 heavy (non-hydrogen) atoms. The Morgan fingerprint density at radius 2 is 1.62 bits per heavy atom. The predicted molar refractivity (Wildman–Crippen MR) is 144 cm³/mol. The summed E-state index contributed by atoms with van der Waals surface area (Å²) in [5, 5.41) is 12.7. The molecule has 4 aliphatic carbocycles. The van der Waals surface area contributed by atoms with Crippen molar-refractivity contribution in [1.29, 1.82) is 0 Å². The van der Waals surface area contributed by atoms with Crippen LogP contribution in [0.4, 0.5) is 0 Å². The lowest BCUT2D eigenvalue weighted by Gasteiger charge is -2.59. The van der Waals surface area contributed by atoms with Gasteiger partial charge in [-0.1, -0.05) is 32.4 Å². The second-order valence-electron chi connectivity index (χ2n) is 13.1. The van der Waals surface area contributed by atoms with Gasteiger partial charge in [0.1, 0.15) is 30.5 Å². The molecule has 0 aliphatic heterocycles. The van der Waals surface area contributed by atoms with Crippen molar-refractivity contribution in [3.05, 3.63) is 11.6 Å². The molecule has 4 aliphatic rings. The topological polar surface area (TPSA) is 125 Å². The quantitative estimate of drug-likeness (QED) is 0.275. The Morgan fingerprint density at radius 1 is 0.950 bits per heavy atom. The van der Waals surface area contributed by atoms with Crippen LogP contribution in [0.2, 0.25) is 0 Å². The summed E-state index contributed by atoms with van der Waals surface area (Å²) in [5.74, 6) is -1.70. The minimum Gasteiger partial charge on any atom is -0.462 e. The van der Waals surface area contributed by atoms with Gasteiger partial charge in [0.25, 0.3) is 0 Å². The van der Waals surface area contributed by atoms with E-state index in [1.165, 1.54) is 33.3 Å². The molecule has 5 unspecified atom stereocenters. The van der Waals surface area contributed by atoms with Gasteiger partial charge >= 0.3 is 23.9 Å². The maximum absolute atomic E-state index is 12.7. The molecular formula is C31H46O9. The molecule has 0 amide bonds. The third kappa shape index (κ3) is 5.19. The number of rotatable bonds is 7. The van der Waals surface area contributed by atoms with E-state index in [0.29, 0.717) is 18.8 Å². The number of ether oxygens (including phenoxy) is 4. The highest BCUT2D eigenvalue weighted by molar-refractivity contribution is 5.67. The summed E-state index contributed by atoms with van der Waals surface area (Å²) in [6.07, 6.45) is 6.05. The van der Waals surface area contributed by atoms with Crippen molar-refractivity contribution >= 4 is 23.9 Å². The second kappa shape index (κ2) is 11.1. The van der Waals surface area contributed by atoms with E-state index in [2.05, 4.69) is 19.9 Å². The number of esters is 4. The molecule has 224 valence electrons. The van der Waals surface area contributed by atoms with Crippen LogP contribution in [0.1, 0.15) is 93.4 Å². The third-order valence-electron chi connectivity index (χ3n) is 11.0. The Hall–Kier alpha value is -2.42. The number of hydrogen-bond acceptors (Lipinski definition) is 9. The van der Waals surface area contributed by atoms with E-state index in [1.807, 2.05) is 0 Å². The van der Waals surface area contributed by atoms with Crippen molar-refractivity contribution in [3.8, 4) is 0 Å². The first kappa shape index (κ1) is 30.5. The van der Waals surface area contributed by atoms with Crippen molar-refractivity contribution in [3.63, 3.8) is 0 Å². The van der Waals surface area contributed by atoms with E-state index >= 15 is 0 Å². The van der Waals surface area contributed by atoms with E-state index in [0.717, 1.165) is 32.1 Å². The standard InChI is InChI=1S/C31H46O9/c1-17(27(39-20(4)34)16-37-18(2)32)31(36)28(40-21(5)35)15-26-24-9-8-22-14-23(38-19(3)33)10-12-29(22,6)25(24)11-13-30(26,31)7/h8,17,23-28,36H,9-16H2,1-7H3/t17?,23-,24?,25?,26?,27?,28+,29-,30-,31+/m0/s1. The Bertz CT molecular complexity index is 1070. The van der Waals surface area contributed by atoms with Gasteiger partial charge in [-0.15, -0.1) is 0 Å². The molecule has 0 bridgehead atoms. The first-order valence-electron chi connectivity index (χ1n) is 14.7. The monoisotopic (exact) mass is 562 g/mol. The van der Waals surface area contributed by atoms with Crippen LogP contribution < -0.4 is 0 Å². The van der Waals surface area contributed by atoms with Crippen molar-refractivity contribution in [2.45, 2.75) is 117 Å². The van der Waals surface area contributed by atoms with E-state index in [4.69, 9.17) is 18.9 Å². The molecule has 4 rings (SSSR count). The molecule has 3 fully saturated rings. The molecule has 3 saturated carbocycles. The predicted octanol–water partition coefficient (Wildman–Crippen LogP) is 4.28. The van der Waals surface area contributed by atoms with E-state index in [-0.39, 0.29) is 35.9 Å². The second-order valence-corrected chi connectivity index (χ2v) is 13.1. The van der Waals surface area contributed by atoms with Crippen LogP contribution in [0, 0.1) is 34.5 Å². The summed E-state index contributed by atoms with van der Waals surface area (Å²) in [6.45, 7) is 11.4. The van der Waals surface area contributed by atoms with Gasteiger partial charge in [-0.3, -0.25) is 19.2 Å². The van der Waals surface area contributed by atoms with Gasteiger partial charge in [-0.2, -0.15) is 0 Å². The highest BCUT2D eigenvalue weighted by Crippen LogP contribution is 2.69. The number of fused-ring (bicyclic) bond motifs is 5. The first-order chi connectivity index (χ1) is 18.6. The van der Waals surface area contributed by atoms with Gasteiger partial charge in [-0.25, -0.2) is 0 Å². The summed E-state index contributed by atoms with van der Waals surface area (Å²) in [5.41, 5.74) is -0.783. The first-order valence-corrected chi connectivity index (χ1v) is 14.7. The van der Waals surface area contributed by atoms with Gasteiger partial charge in [0, 0.05) is 45.4 Å². The number of hydrogen-bond donors (Lipinski definition) is 1. The SMILES string of the molecule is CC(=O)OCC(OC(C)=O)C(C)[C@@]1(O)[C@H](OC(C)=O)CC2C3CC=C4C[C@@H](OC(C)=O)CC[C@]4(C)C3CC[C@@]21C. The van der Waals surface area contributed by atoms with E-state index < -0.39 is 47.0 Å². The molecule has 0 spiro atoms. The smallest absolute Gasteiger partial charge is 0.303 e. The zero-order valence-corrected chi connectivity index (χ0v) is 25.0. The van der Waals surface area contributed by atoms with E-state index in [9.17, 15) is 24.3 Å². The van der Waals surface area contributed by atoms with Gasteiger partial charge in [0.15, 0.2) is 0 Å². The average molecular weight is 563 g/mol. The molecular weight excluding hydrogens is 516 g/mol. The van der Waals surface area contributed by atoms with Crippen LogP contribution in [-0.4, -0.2) is 59.5 Å². The van der Waals surface area contributed by atoms with Gasteiger partial charge in [-0.05, 0) is 61.7 Å². The zero-order valence-electron chi connectivity index (χ0n) is 25.0. The van der Waals surface area contributed by atoms with Crippen LogP contribution in [-0.2, 0) is 38.1 Å². The van der Waals surface area contributed by atoms with Crippen LogP contribution in [0.5, 0.6) is 0 Å². The highest BCUT2D eigenvalue weighted by Gasteiger charge is 2.70. The van der Waals surface area contributed by atoms with Crippen molar-refractivity contribution in [2.24, 2.45) is 34.5 Å². The molecule has 0 aromatic rings. The fourth-order valence-corrected chi connectivity index (χ4v) is 9.12. The number of aliphatic hydroxyl groups is 1. The normalized spacial score (nSPS) is 39.8. The van der Waals surface area contributed by atoms with Gasteiger partial charge in [0.05, 0.1) is 0 Å². The van der Waals surface area contributed by atoms with Crippen LogP contribution in [0.3, 0.4) is 0 Å². The molecule has 0 aromatic carbocycles. The van der Waals surface area contributed by atoms with Crippen molar-refractivity contribution in [2.75, 3.05) is 6.61 Å². The summed E-state index contributed by atoms with van der Waals surface area (Å²) in [6, 6.07) is 0. The number of carbonyl (C=O) groups is 4. The summed E-state index contributed by atoms with van der Waals surface area (Å²) in [7, 11) is 0. The lowest BCUT2D eigenvalue weighted by Crippen LogP contribution is -2.62. The fourth-order valence-electron chi connectivity index (χ4n) is 9.12. The number of carbonyl (C=O) groups excluding carboxylic acids is 4. The number of allylic oxidation sites excluding steroid dienone is 1. The van der Waals surface area contributed by atoms with Gasteiger partial charge < -0.3 is 24.1 Å². The molecule has 9 nitrogen and oxygen atoms in total. The molecule has 0 saturated heterocycles. The Morgan fingerprint density at radius 3 is 2.23 bits per heavy atom. The Balaban J connectivity index is 1.68. The van der Waals surface area contributed by atoms with Gasteiger partial charge in [0.2, 0.25) is 0 Å².